The molecule has 2 aromatic rings. The lowest BCUT2D eigenvalue weighted by Crippen LogP contribution is -2.29. The second-order valence-corrected chi connectivity index (χ2v) is 7.13. The smallest absolute Gasteiger partial charge is 0.251 e. The standard InChI is InChI=1S/C23H30N2O3/c1-3-28-22-15-20(11-12-21(22)27-2)23(26)24-16-18-7-9-19(10-8-18)17-25-13-5-4-6-14-25/h7-12,15H,3-6,13-14,16-17H2,1-2H3,(H,24,26). The van der Waals surface area contributed by atoms with Crippen molar-refractivity contribution in [1.82, 2.24) is 10.2 Å². The molecule has 0 aromatic heterocycles. The number of piperidine rings is 1. The quantitative estimate of drug-likeness (QED) is 0.749. The molecule has 0 unspecified atom stereocenters. The normalized spacial score (nSPS) is 14.5. The summed E-state index contributed by atoms with van der Waals surface area (Å²) in [6.45, 7) is 6.33. The second-order valence-electron chi connectivity index (χ2n) is 7.13. The highest BCUT2D eigenvalue weighted by atomic mass is 16.5. The molecular weight excluding hydrogens is 352 g/mol. The van der Waals surface area contributed by atoms with Crippen LogP contribution < -0.4 is 14.8 Å². The van der Waals surface area contributed by atoms with Gasteiger partial charge in [0.05, 0.1) is 13.7 Å². The van der Waals surface area contributed by atoms with Gasteiger partial charge < -0.3 is 14.8 Å². The zero-order valence-corrected chi connectivity index (χ0v) is 16.9. The number of likely N-dealkylation sites (tertiary alicyclic amines) is 1. The lowest BCUT2D eigenvalue weighted by atomic mass is 10.1. The van der Waals surface area contributed by atoms with Gasteiger partial charge >= 0.3 is 0 Å². The zero-order chi connectivity index (χ0) is 19.8. The van der Waals surface area contributed by atoms with Gasteiger partial charge in [0.25, 0.3) is 5.91 Å². The van der Waals surface area contributed by atoms with Crippen LogP contribution >= 0.6 is 0 Å². The van der Waals surface area contributed by atoms with E-state index in [4.69, 9.17) is 9.47 Å². The first-order valence-corrected chi connectivity index (χ1v) is 10.1. The van der Waals surface area contributed by atoms with Gasteiger partial charge in [0, 0.05) is 18.7 Å². The topological polar surface area (TPSA) is 50.8 Å². The predicted octanol–water partition coefficient (Wildman–Crippen LogP) is 4.01. The number of hydrogen-bond acceptors (Lipinski definition) is 4. The Morgan fingerprint density at radius 2 is 1.71 bits per heavy atom. The first kappa shape index (κ1) is 20.2. The zero-order valence-electron chi connectivity index (χ0n) is 16.9. The molecule has 0 bridgehead atoms. The molecule has 1 saturated heterocycles. The first-order chi connectivity index (χ1) is 13.7. The molecule has 5 nitrogen and oxygen atoms in total. The van der Waals surface area contributed by atoms with Crippen molar-refractivity contribution < 1.29 is 14.3 Å². The highest BCUT2D eigenvalue weighted by molar-refractivity contribution is 5.94. The molecule has 150 valence electrons. The maximum Gasteiger partial charge on any atom is 0.251 e. The van der Waals surface area contributed by atoms with E-state index in [0.29, 0.717) is 30.2 Å². The number of nitrogens with one attached hydrogen (secondary N) is 1. The Hall–Kier alpha value is -2.53. The number of rotatable bonds is 8. The molecule has 2 aromatic carbocycles. The maximum atomic E-state index is 12.5. The van der Waals surface area contributed by atoms with Gasteiger partial charge in [-0.05, 0) is 62.2 Å². The van der Waals surface area contributed by atoms with Crippen molar-refractivity contribution in [2.45, 2.75) is 39.3 Å². The molecule has 1 fully saturated rings. The highest BCUT2D eigenvalue weighted by Gasteiger charge is 2.12. The van der Waals surface area contributed by atoms with Crippen molar-refractivity contribution in [2.24, 2.45) is 0 Å². The Labute approximate surface area is 167 Å². The number of carbonyl (C=O) groups is 1. The minimum Gasteiger partial charge on any atom is -0.493 e. The number of amides is 1. The van der Waals surface area contributed by atoms with E-state index in [9.17, 15) is 4.79 Å². The third kappa shape index (κ3) is 5.49. The number of hydrogen-bond donors (Lipinski definition) is 1. The molecule has 1 amide bonds. The number of ether oxygens (including phenoxy) is 2. The van der Waals surface area contributed by atoms with Crippen molar-refractivity contribution >= 4 is 5.91 Å². The number of carbonyl (C=O) groups excluding carboxylic acids is 1. The molecule has 28 heavy (non-hydrogen) atoms. The van der Waals surface area contributed by atoms with Crippen molar-refractivity contribution in [3.63, 3.8) is 0 Å². The Bertz CT molecular complexity index is 768. The van der Waals surface area contributed by atoms with Crippen LogP contribution in [0.25, 0.3) is 0 Å². The number of benzene rings is 2. The van der Waals surface area contributed by atoms with Gasteiger partial charge in [0.15, 0.2) is 11.5 Å². The Morgan fingerprint density at radius 3 is 2.39 bits per heavy atom. The molecule has 0 aliphatic carbocycles. The molecule has 0 radical (unpaired) electrons. The van der Waals surface area contributed by atoms with Crippen molar-refractivity contribution in [2.75, 3.05) is 26.8 Å². The summed E-state index contributed by atoms with van der Waals surface area (Å²) in [5.74, 6) is 1.09. The molecule has 1 N–H and O–H groups in total. The van der Waals surface area contributed by atoms with Crippen molar-refractivity contribution in [1.29, 1.82) is 0 Å². The SMILES string of the molecule is CCOc1cc(C(=O)NCc2ccc(CN3CCCCC3)cc2)ccc1OC. The molecule has 0 saturated carbocycles. The Morgan fingerprint density at radius 1 is 1.00 bits per heavy atom. The van der Waals surface area contributed by atoms with Gasteiger partial charge in [0.1, 0.15) is 0 Å². The third-order valence-corrected chi connectivity index (χ3v) is 5.06. The van der Waals surface area contributed by atoms with Gasteiger partial charge in [-0.25, -0.2) is 0 Å². The van der Waals surface area contributed by atoms with Crippen LogP contribution in [0.1, 0.15) is 47.7 Å². The van der Waals surface area contributed by atoms with Gasteiger partial charge in [-0.15, -0.1) is 0 Å². The van der Waals surface area contributed by atoms with Crippen LogP contribution in [-0.4, -0.2) is 37.6 Å². The second kappa shape index (κ2) is 10.1. The van der Waals surface area contributed by atoms with Crippen LogP contribution in [0.2, 0.25) is 0 Å². The van der Waals surface area contributed by atoms with E-state index in [1.54, 1.807) is 25.3 Å². The fraction of sp³-hybridized carbons (Fsp3) is 0.435. The van der Waals surface area contributed by atoms with Crippen molar-refractivity contribution in [3.05, 3.63) is 59.2 Å². The molecule has 3 rings (SSSR count). The minimum absolute atomic E-state index is 0.124. The predicted molar refractivity (Wildman–Crippen MR) is 111 cm³/mol. The lowest BCUT2D eigenvalue weighted by molar-refractivity contribution is 0.0950. The summed E-state index contributed by atoms with van der Waals surface area (Å²) in [5.41, 5.74) is 2.98. The number of nitrogens with zero attached hydrogens (tertiary/aromatic N) is 1. The van der Waals surface area contributed by atoms with Crippen LogP contribution in [0.15, 0.2) is 42.5 Å². The van der Waals surface area contributed by atoms with Gasteiger partial charge in [0.2, 0.25) is 0 Å². The summed E-state index contributed by atoms with van der Waals surface area (Å²) in [6.07, 6.45) is 3.97. The van der Waals surface area contributed by atoms with E-state index < -0.39 is 0 Å². The third-order valence-electron chi connectivity index (χ3n) is 5.06. The molecule has 5 heteroatoms. The maximum absolute atomic E-state index is 12.5. The molecule has 1 heterocycles. The fourth-order valence-corrected chi connectivity index (χ4v) is 3.51. The van der Waals surface area contributed by atoms with Gasteiger partial charge in [-0.1, -0.05) is 30.7 Å². The summed E-state index contributed by atoms with van der Waals surface area (Å²) in [5, 5.41) is 2.98. The van der Waals surface area contributed by atoms with E-state index in [0.717, 1.165) is 12.1 Å². The molecule has 0 spiro atoms. The summed E-state index contributed by atoms with van der Waals surface area (Å²) < 4.78 is 10.8. The molecule has 0 atom stereocenters. The molecule has 1 aliphatic rings. The Kier molecular flexibility index (Phi) is 7.31. The minimum atomic E-state index is -0.124. The largest absolute Gasteiger partial charge is 0.493 e. The summed E-state index contributed by atoms with van der Waals surface area (Å²) >= 11 is 0. The van der Waals surface area contributed by atoms with E-state index in [2.05, 4.69) is 34.5 Å². The Balaban J connectivity index is 1.54. The monoisotopic (exact) mass is 382 g/mol. The van der Waals surface area contributed by atoms with E-state index in [1.165, 1.54) is 37.9 Å². The van der Waals surface area contributed by atoms with Crippen LogP contribution in [0.4, 0.5) is 0 Å². The van der Waals surface area contributed by atoms with E-state index in [-0.39, 0.29) is 5.91 Å². The van der Waals surface area contributed by atoms with Gasteiger partial charge in [-0.2, -0.15) is 0 Å². The van der Waals surface area contributed by atoms with Crippen LogP contribution in [0.3, 0.4) is 0 Å². The number of methoxy groups -OCH3 is 1. The van der Waals surface area contributed by atoms with Gasteiger partial charge in [-0.3, -0.25) is 9.69 Å². The van der Waals surface area contributed by atoms with Crippen molar-refractivity contribution in [3.8, 4) is 11.5 Å². The first-order valence-electron chi connectivity index (χ1n) is 10.1. The summed E-state index contributed by atoms with van der Waals surface area (Å²) in [6, 6.07) is 13.7. The van der Waals surface area contributed by atoms with Crippen LogP contribution in [-0.2, 0) is 13.1 Å². The van der Waals surface area contributed by atoms with Crippen LogP contribution in [0, 0.1) is 0 Å². The fourth-order valence-electron chi connectivity index (χ4n) is 3.51. The summed E-state index contributed by atoms with van der Waals surface area (Å²) in [7, 11) is 1.59. The average molecular weight is 383 g/mol. The average Bonchev–Trinajstić information content (AvgIpc) is 2.74. The van der Waals surface area contributed by atoms with E-state index in [1.807, 2.05) is 6.92 Å². The van der Waals surface area contributed by atoms with Crippen LogP contribution in [0.5, 0.6) is 11.5 Å². The molecular formula is C23H30N2O3. The molecule has 1 aliphatic heterocycles. The summed E-state index contributed by atoms with van der Waals surface area (Å²) in [4.78, 5) is 15.0. The van der Waals surface area contributed by atoms with E-state index >= 15 is 0 Å². The highest BCUT2D eigenvalue weighted by Crippen LogP contribution is 2.28. The lowest BCUT2D eigenvalue weighted by Gasteiger charge is -2.26.